The van der Waals surface area contributed by atoms with Gasteiger partial charge in [0.05, 0.1) is 0 Å². The Hall–Kier alpha value is -1.35. The van der Waals surface area contributed by atoms with Crippen LogP contribution in [0.2, 0.25) is 0 Å². The zero-order chi connectivity index (χ0) is 12.7. The summed E-state index contributed by atoms with van der Waals surface area (Å²) in [6.45, 7) is 3.42. The van der Waals surface area contributed by atoms with E-state index in [1.165, 1.54) is 5.56 Å². The zero-order valence-electron chi connectivity index (χ0n) is 10.7. The Morgan fingerprint density at radius 2 is 2.00 bits per heavy atom. The van der Waals surface area contributed by atoms with E-state index in [0.717, 1.165) is 13.0 Å². The van der Waals surface area contributed by atoms with Crippen molar-refractivity contribution in [1.82, 2.24) is 4.90 Å². The zero-order valence-corrected chi connectivity index (χ0v) is 10.7. The lowest BCUT2D eigenvalue weighted by Crippen LogP contribution is -2.33. The van der Waals surface area contributed by atoms with E-state index < -0.39 is 0 Å². The third-order valence-electron chi connectivity index (χ3n) is 2.88. The number of carbonyl (C=O) groups excluding carboxylic acids is 1. The molecule has 0 saturated heterocycles. The van der Waals surface area contributed by atoms with Crippen molar-refractivity contribution in [3.05, 3.63) is 35.9 Å². The van der Waals surface area contributed by atoms with Crippen molar-refractivity contribution >= 4 is 5.91 Å². The quantitative estimate of drug-likeness (QED) is 0.814. The Bertz CT molecular complexity index is 337. The molecule has 0 heterocycles. The van der Waals surface area contributed by atoms with Gasteiger partial charge in [-0.25, -0.2) is 0 Å². The average molecular weight is 234 g/mol. The van der Waals surface area contributed by atoms with Crippen LogP contribution in [0.5, 0.6) is 0 Å². The number of amides is 1. The van der Waals surface area contributed by atoms with Crippen LogP contribution in [0.1, 0.15) is 18.9 Å². The molecule has 1 aromatic carbocycles. The minimum Gasteiger partial charge on any atom is -0.345 e. The van der Waals surface area contributed by atoms with Gasteiger partial charge in [-0.1, -0.05) is 37.3 Å². The molecule has 3 nitrogen and oxygen atoms in total. The second kappa shape index (κ2) is 7.07. The van der Waals surface area contributed by atoms with E-state index in [-0.39, 0.29) is 5.91 Å². The monoisotopic (exact) mass is 234 g/mol. The minimum absolute atomic E-state index is 0.189. The van der Waals surface area contributed by atoms with Crippen LogP contribution in [0.15, 0.2) is 30.3 Å². The van der Waals surface area contributed by atoms with Crippen LogP contribution < -0.4 is 5.73 Å². The van der Waals surface area contributed by atoms with Gasteiger partial charge in [-0.05, 0) is 24.4 Å². The van der Waals surface area contributed by atoms with E-state index in [9.17, 15) is 4.79 Å². The summed E-state index contributed by atoms with van der Waals surface area (Å²) in [5.41, 5.74) is 6.76. The molecule has 0 bridgehead atoms. The van der Waals surface area contributed by atoms with Crippen LogP contribution in [0.4, 0.5) is 0 Å². The predicted octanol–water partition coefficient (Wildman–Crippen LogP) is 1.67. The molecule has 1 amide bonds. The molecule has 2 N–H and O–H groups in total. The smallest absolute Gasteiger partial charge is 0.222 e. The molecule has 0 aliphatic rings. The van der Waals surface area contributed by atoms with Gasteiger partial charge in [-0.15, -0.1) is 0 Å². The van der Waals surface area contributed by atoms with E-state index in [0.29, 0.717) is 18.9 Å². The Kier molecular flexibility index (Phi) is 5.70. The van der Waals surface area contributed by atoms with Gasteiger partial charge in [-0.2, -0.15) is 0 Å². The molecule has 1 unspecified atom stereocenters. The largest absolute Gasteiger partial charge is 0.345 e. The molecule has 0 spiro atoms. The molecule has 0 saturated carbocycles. The summed E-state index contributed by atoms with van der Waals surface area (Å²) >= 11 is 0. The van der Waals surface area contributed by atoms with Crippen molar-refractivity contribution in [2.75, 3.05) is 20.1 Å². The van der Waals surface area contributed by atoms with Gasteiger partial charge < -0.3 is 10.6 Å². The molecule has 17 heavy (non-hydrogen) atoms. The van der Waals surface area contributed by atoms with Crippen LogP contribution in [0.3, 0.4) is 0 Å². The summed E-state index contributed by atoms with van der Waals surface area (Å²) in [4.78, 5) is 13.6. The normalized spacial score (nSPS) is 12.2. The fourth-order valence-corrected chi connectivity index (χ4v) is 1.73. The summed E-state index contributed by atoms with van der Waals surface area (Å²) in [6, 6.07) is 10.1. The number of aryl methyl sites for hydroxylation is 1. The summed E-state index contributed by atoms with van der Waals surface area (Å²) in [6.07, 6.45) is 1.37. The number of rotatable bonds is 6. The number of benzene rings is 1. The Balaban J connectivity index is 2.34. The van der Waals surface area contributed by atoms with Gasteiger partial charge >= 0.3 is 0 Å². The van der Waals surface area contributed by atoms with Crippen LogP contribution >= 0.6 is 0 Å². The highest BCUT2D eigenvalue weighted by molar-refractivity contribution is 5.76. The van der Waals surface area contributed by atoms with Gasteiger partial charge in [-0.3, -0.25) is 4.79 Å². The summed E-state index contributed by atoms with van der Waals surface area (Å²) in [5.74, 6) is 0.551. The average Bonchev–Trinajstić information content (AvgIpc) is 2.36. The topological polar surface area (TPSA) is 46.3 Å². The number of nitrogens with two attached hydrogens (primary N) is 1. The molecule has 0 aromatic heterocycles. The maximum Gasteiger partial charge on any atom is 0.222 e. The predicted molar refractivity (Wildman–Crippen MR) is 70.6 cm³/mol. The van der Waals surface area contributed by atoms with Crippen LogP contribution in [0.25, 0.3) is 0 Å². The van der Waals surface area contributed by atoms with Gasteiger partial charge in [0.15, 0.2) is 0 Å². The first-order chi connectivity index (χ1) is 8.13. The minimum atomic E-state index is 0.189. The molecule has 0 aliphatic carbocycles. The molecule has 0 aliphatic heterocycles. The first-order valence-electron chi connectivity index (χ1n) is 6.11. The highest BCUT2D eigenvalue weighted by atomic mass is 16.2. The number of carbonyl (C=O) groups is 1. The maximum absolute atomic E-state index is 11.9. The fourth-order valence-electron chi connectivity index (χ4n) is 1.73. The van der Waals surface area contributed by atoms with Crippen molar-refractivity contribution in [2.45, 2.75) is 19.8 Å². The maximum atomic E-state index is 11.9. The Morgan fingerprint density at radius 3 is 2.59 bits per heavy atom. The van der Waals surface area contributed by atoms with Gasteiger partial charge in [0.25, 0.3) is 0 Å². The highest BCUT2D eigenvalue weighted by Gasteiger charge is 2.11. The SMILES string of the molecule is CC(CN)CN(C)C(=O)CCc1ccccc1. The third-order valence-corrected chi connectivity index (χ3v) is 2.88. The lowest BCUT2D eigenvalue weighted by atomic mass is 10.1. The van der Waals surface area contributed by atoms with Crippen molar-refractivity contribution in [3.63, 3.8) is 0 Å². The van der Waals surface area contributed by atoms with Crippen LogP contribution in [-0.4, -0.2) is 30.9 Å². The van der Waals surface area contributed by atoms with E-state index >= 15 is 0 Å². The molecule has 0 radical (unpaired) electrons. The second-order valence-corrected chi connectivity index (χ2v) is 4.60. The molecule has 0 fully saturated rings. The molecular formula is C14H22N2O. The number of hydrogen-bond donors (Lipinski definition) is 1. The molecule has 1 atom stereocenters. The van der Waals surface area contributed by atoms with E-state index in [2.05, 4.69) is 19.1 Å². The molecule has 3 heteroatoms. The second-order valence-electron chi connectivity index (χ2n) is 4.60. The van der Waals surface area contributed by atoms with Crippen LogP contribution in [-0.2, 0) is 11.2 Å². The standard InChI is InChI=1S/C14H22N2O/c1-12(10-15)11-16(2)14(17)9-8-13-6-4-3-5-7-13/h3-7,12H,8-11,15H2,1-2H3. The van der Waals surface area contributed by atoms with Crippen molar-refractivity contribution in [2.24, 2.45) is 11.7 Å². The first-order valence-corrected chi connectivity index (χ1v) is 6.11. The lowest BCUT2D eigenvalue weighted by molar-refractivity contribution is -0.130. The van der Waals surface area contributed by atoms with Gasteiger partial charge in [0.1, 0.15) is 0 Å². The fraction of sp³-hybridized carbons (Fsp3) is 0.500. The molecule has 1 aromatic rings. The summed E-state index contributed by atoms with van der Waals surface area (Å²) in [5, 5.41) is 0. The summed E-state index contributed by atoms with van der Waals surface area (Å²) in [7, 11) is 1.85. The van der Waals surface area contributed by atoms with Gasteiger partial charge in [0, 0.05) is 20.0 Å². The van der Waals surface area contributed by atoms with E-state index in [4.69, 9.17) is 5.73 Å². The highest BCUT2D eigenvalue weighted by Crippen LogP contribution is 2.05. The van der Waals surface area contributed by atoms with Crippen molar-refractivity contribution < 1.29 is 4.79 Å². The lowest BCUT2D eigenvalue weighted by Gasteiger charge is -2.20. The van der Waals surface area contributed by atoms with E-state index in [1.54, 1.807) is 4.90 Å². The summed E-state index contributed by atoms with van der Waals surface area (Å²) < 4.78 is 0. The Morgan fingerprint density at radius 1 is 1.35 bits per heavy atom. The first kappa shape index (κ1) is 13.7. The van der Waals surface area contributed by atoms with Crippen LogP contribution in [0, 0.1) is 5.92 Å². The van der Waals surface area contributed by atoms with Crippen molar-refractivity contribution in [1.29, 1.82) is 0 Å². The van der Waals surface area contributed by atoms with Crippen molar-refractivity contribution in [3.8, 4) is 0 Å². The molecule has 94 valence electrons. The van der Waals surface area contributed by atoms with E-state index in [1.807, 2.05) is 25.2 Å². The number of hydrogen-bond acceptors (Lipinski definition) is 2. The van der Waals surface area contributed by atoms with Gasteiger partial charge in [0.2, 0.25) is 5.91 Å². The Labute approximate surface area is 104 Å². The molecule has 1 rings (SSSR count). The molecular weight excluding hydrogens is 212 g/mol. The number of nitrogens with zero attached hydrogens (tertiary/aromatic N) is 1. The third kappa shape index (κ3) is 5.00.